The molecule has 1 amide bonds. The summed E-state index contributed by atoms with van der Waals surface area (Å²) in [5, 5.41) is 6.28. The van der Waals surface area contributed by atoms with Gasteiger partial charge in [0, 0.05) is 42.7 Å². The van der Waals surface area contributed by atoms with Gasteiger partial charge in [-0.3, -0.25) is 19.7 Å². The molecule has 0 aromatic carbocycles. The summed E-state index contributed by atoms with van der Waals surface area (Å²) in [6, 6.07) is 7.60. The van der Waals surface area contributed by atoms with Crippen LogP contribution in [0.4, 0.5) is 5.82 Å². The molecule has 0 aliphatic carbocycles. The van der Waals surface area contributed by atoms with Crippen molar-refractivity contribution < 1.29 is 4.79 Å². The molecule has 150 valence electrons. The number of nitrogens with one attached hydrogen (secondary N) is 2. The second kappa shape index (κ2) is 8.24. The number of hydrogen-bond donors (Lipinski definition) is 2. The SMILES string of the molecule is CC1=CC(CC(=O)Nc2ccc(-c3cnccn3)cn2)=CNC1(C)c1ccncc1. The van der Waals surface area contributed by atoms with Gasteiger partial charge in [-0.05, 0) is 54.8 Å². The Balaban J connectivity index is 1.39. The Morgan fingerprint density at radius 3 is 2.53 bits per heavy atom. The fraction of sp³-hybridized carbons (Fsp3) is 0.174. The Morgan fingerprint density at radius 2 is 1.87 bits per heavy atom. The van der Waals surface area contributed by atoms with Crippen molar-refractivity contribution in [1.29, 1.82) is 0 Å². The van der Waals surface area contributed by atoms with Crippen LogP contribution in [-0.2, 0) is 10.3 Å². The molecule has 0 bridgehead atoms. The Bertz CT molecular complexity index is 1090. The van der Waals surface area contributed by atoms with E-state index in [9.17, 15) is 4.79 Å². The van der Waals surface area contributed by atoms with E-state index in [0.717, 1.165) is 28.0 Å². The number of dihydropyridines is 1. The minimum absolute atomic E-state index is 0.126. The van der Waals surface area contributed by atoms with Gasteiger partial charge < -0.3 is 10.6 Å². The maximum absolute atomic E-state index is 12.5. The lowest BCUT2D eigenvalue weighted by Crippen LogP contribution is -2.39. The first kappa shape index (κ1) is 19.4. The van der Waals surface area contributed by atoms with E-state index in [-0.39, 0.29) is 17.9 Å². The number of anilines is 1. The number of carbonyl (C=O) groups is 1. The molecule has 1 aliphatic rings. The van der Waals surface area contributed by atoms with Crippen molar-refractivity contribution in [2.75, 3.05) is 5.32 Å². The zero-order valence-corrected chi connectivity index (χ0v) is 16.8. The molecule has 1 unspecified atom stereocenters. The van der Waals surface area contributed by atoms with Crippen molar-refractivity contribution in [2.45, 2.75) is 25.8 Å². The number of allylic oxidation sites excluding steroid dienone is 1. The van der Waals surface area contributed by atoms with E-state index in [4.69, 9.17) is 0 Å². The third-order valence-electron chi connectivity index (χ3n) is 5.25. The van der Waals surface area contributed by atoms with E-state index in [1.165, 1.54) is 0 Å². The van der Waals surface area contributed by atoms with Gasteiger partial charge in [0.2, 0.25) is 5.91 Å². The highest BCUT2D eigenvalue weighted by Crippen LogP contribution is 2.32. The number of aromatic nitrogens is 4. The fourth-order valence-corrected chi connectivity index (χ4v) is 3.35. The summed E-state index contributed by atoms with van der Waals surface area (Å²) in [6.07, 6.45) is 14.4. The topological polar surface area (TPSA) is 92.7 Å². The molecule has 7 nitrogen and oxygen atoms in total. The van der Waals surface area contributed by atoms with Gasteiger partial charge in [0.05, 0.1) is 23.9 Å². The first-order chi connectivity index (χ1) is 14.5. The number of rotatable bonds is 5. The van der Waals surface area contributed by atoms with Crippen molar-refractivity contribution in [1.82, 2.24) is 25.3 Å². The summed E-state index contributed by atoms with van der Waals surface area (Å²) >= 11 is 0. The second-order valence-corrected chi connectivity index (χ2v) is 7.30. The standard InChI is InChI=1S/C23H22N6O/c1-16-11-17(13-28-23(16,2)19-5-7-24-8-6-19)12-22(30)29-21-4-3-18(14-27-21)20-15-25-9-10-26-20/h3-11,13-15,28H,12H2,1-2H3,(H,27,29,30). The van der Waals surface area contributed by atoms with Crippen LogP contribution in [0.3, 0.4) is 0 Å². The zero-order chi connectivity index (χ0) is 21.0. The molecule has 3 aromatic rings. The Kier molecular flexibility index (Phi) is 5.34. The van der Waals surface area contributed by atoms with Gasteiger partial charge >= 0.3 is 0 Å². The van der Waals surface area contributed by atoms with E-state index in [0.29, 0.717) is 5.82 Å². The van der Waals surface area contributed by atoms with E-state index < -0.39 is 0 Å². The lowest BCUT2D eigenvalue weighted by molar-refractivity contribution is -0.115. The molecule has 7 heteroatoms. The molecule has 0 spiro atoms. The molecule has 4 rings (SSSR count). The highest BCUT2D eigenvalue weighted by atomic mass is 16.1. The van der Waals surface area contributed by atoms with Gasteiger partial charge in [0.25, 0.3) is 0 Å². The molecule has 2 N–H and O–H groups in total. The molecule has 1 atom stereocenters. The van der Waals surface area contributed by atoms with E-state index in [1.54, 1.807) is 43.2 Å². The molecule has 0 radical (unpaired) electrons. The molecule has 30 heavy (non-hydrogen) atoms. The molecule has 3 aromatic heterocycles. The number of nitrogens with zero attached hydrogens (tertiary/aromatic N) is 4. The van der Waals surface area contributed by atoms with Crippen LogP contribution < -0.4 is 10.6 Å². The van der Waals surface area contributed by atoms with Crippen molar-refractivity contribution in [3.8, 4) is 11.3 Å². The molecule has 1 aliphatic heterocycles. The van der Waals surface area contributed by atoms with Crippen LogP contribution in [-0.4, -0.2) is 25.8 Å². The summed E-state index contributed by atoms with van der Waals surface area (Å²) in [5.41, 5.74) is 4.42. The van der Waals surface area contributed by atoms with Crippen LogP contribution in [0, 0.1) is 0 Å². The summed E-state index contributed by atoms with van der Waals surface area (Å²) in [6.45, 7) is 4.18. The van der Waals surface area contributed by atoms with E-state index >= 15 is 0 Å². The third kappa shape index (κ3) is 4.10. The number of amides is 1. The van der Waals surface area contributed by atoms with Crippen molar-refractivity contribution in [3.05, 3.63) is 90.4 Å². The van der Waals surface area contributed by atoms with Crippen LogP contribution in [0.1, 0.15) is 25.8 Å². The second-order valence-electron chi connectivity index (χ2n) is 7.30. The van der Waals surface area contributed by atoms with Crippen molar-refractivity contribution in [2.24, 2.45) is 0 Å². The highest BCUT2D eigenvalue weighted by molar-refractivity contribution is 5.92. The van der Waals surface area contributed by atoms with Gasteiger partial charge in [-0.1, -0.05) is 6.08 Å². The largest absolute Gasteiger partial charge is 0.378 e. The fourth-order valence-electron chi connectivity index (χ4n) is 3.35. The zero-order valence-electron chi connectivity index (χ0n) is 16.8. The van der Waals surface area contributed by atoms with E-state index in [1.807, 2.05) is 24.4 Å². The van der Waals surface area contributed by atoms with Crippen LogP contribution in [0.2, 0.25) is 0 Å². The Labute approximate surface area is 175 Å². The van der Waals surface area contributed by atoms with Gasteiger partial charge in [-0.2, -0.15) is 0 Å². The molecule has 0 saturated carbocycles. The predicted octanol–water partition coefficient (Wildman–Crippen LogP) is 3.61. The summed E-state index contributed by atoms with van der Waals surface area (Å²) in [5.74, 6) is 0.374. The van der Waals surface area contributed by atoms with Crippen LogP contribution >= 0.6 is 0 Å². The first-order valence-corrected chi connectivity index (χ1v) is 9.63. The Morgan fingerprint density at radius 1 is 1.03 bits per heavy atom. The molecule has 0 saturated heterocycles. The molecular formula is C23H22N6O. The quantitative estimate of drug-likeness (QED) is 0.682. The molecule has 4 heterocycles. The monoisotopic (exact) mass is 398 g/mol. The highest BCUT2D eigenvalue weighted by Gasteiger charge is 2.30. The Hall–Kier alpha value is -3.87. The van der Waals surface area contributed by atoms with Crippen LogP contribution in [0.25, 0.3) is 11.3 Å². The third-order valence-corrected chi connectivity index (χ3v) is 5.25. The molecule has 0 fully saturated rings. The van der Waals surface area contributed by atoms with Gasteiger partial charge in [-0.15, -0.1) is 0 Å². The van der Waals surface area contributed by atoms with Gasteiger partial charge in [-0.25, -0.2) is 4.98 Å². The lowest BCUT2D eigenvalue weighted by atomic mass is 9.82. The summed E-state index contributed by atoms with van der Waals surface area (Å²) < 4.78 is 0. The van der Waals surface area contributed by atoms with Crippen LogP contribution in [0.5, 0.6) is 0 Å². The predicted molar refractivity (Wildman–Crippen MR) is 115 cm³/mol. The lowest BCUT2D eigenvalue weighted by Gasteiger charge is -2.35. The van der Waals surface area contributed by atoms with Gasteiger partial charge in [0.15, 0.2) is 0 Å². The number of carbonyl (C=O) groups excluding carboxylic acids is 1. The average Bonchev–Trinajstić information content (AvgIpc) is 2.78. The normalized spacial score (nSPS) is 18.1. The number of pyridine rings is 2. The van der Waals surface area contributed by atoms with Crippen molar-refractivity contribution in [3.63, 3.8) is 0 Å². The smallest absolute Gasteiger partial charge is 0.230 e. The number of hydrogen-bond acceptors (Lipinski definition) is 6. The van der Waals surface area contributed by atoms with Crippen molar-refractivity contribution >= 4 is 11.7 Å². The first-order valence-electron chi connectivity index (χ1n) is 9.63. The average molecular weight is 398 g/mol. The summed E-state index contributed by atoms with van der Waals surface area (Å²) in [7, 11) is 0. The van der Waals surface area contributed by atoms with E-state index in [2.05, 4.69) is 50.5 Å². The minimum atomic E-state index is -0.319. The van der Waals surface area contributed by atoms with Gasteiger partial charge in [0.1, 0.15) is 5.82 Å². The molecular weight excluding hydrogens is 376 g/mol. The maximum Gasteiger partial charge on any atom is 0.230 e. The van der Waals surface area contributed by atoms with Crippen LogP contribution in [0.15, 0.2) is 84.9 Å². The minimum Gasteiger partial charge on any atom is -0.378 e. The maximum atomic E-state index is 12.5. The summed E-state index contributed by atoms with van der Waals surface area (Å²) in [4.78, 5) is 29.2.